The Labute approximate surface area is 212 Å². The van der Waals surface area contributed by atoms with E-state index in [0.717, 1.165) is 36.1 Å². The SMILES string of the molecule is O=C(NCC1CCCO1)C(Cc1ccccc1)N(Cc1ccc(Cl)cc1)C(=O)Cc1ccccc1. The van der Waals surface area contributed by atoms with Gasteiger partial charge in [0.05, 0.1) is 12.5 Å². The average Bonchev–Trinajstić information content (AvgIpc) is 3.41. The van der Waals surface area contributed by atoms with Crippen LogP contribution in [0.15, 0.2) is 84.9 Å². The van der Waals surface area contributed by atoms with Crippen molar-refractivity contribution in [2.24, 2.45) is 0 Å². The second-order valence-electron chi connectivity index (χ2n) is 8.90. The molecule has 0 aromatic heterocycles. The third kappa shape index (κ3) is 7.41. The number of carbonyl (C=O) groups excluding carboxylic acids is 2. The molecule has 5 nitrogen and oxygen atoms in total. The van der Waals surface area contributed by atoms with Crippen LogP contribution in [0.2, 0.25) is 5.02 Å². The van der Waals surface area contributed by atoms with Crippen LogP contribution < -0.4 is 5.32 Å². The Morgan fingerprint density at radius 2 is 1.57 bits per heavy atom. The number of amides is 2. The topological polar surface area (TPSA) is 58.6 Å². The zero-order chi connectivity index (χ0) is 24.5. The molecule has 1 fully saturated rings. The van der Waals surface area contributed by atoms with E-state index in [1.807, 2.05) is 72.8 Å². The maximum atomic E-state index is 13.7. The van der Waals surface area contributed by atoms with Gasteiger partial charge >= 0.3 is 0 Å². The van der Waals surface area contributed by atoms with E-state index in [4.69, 9.17) is 16.3 Å². The van der Waals surface area contributed by atoms with E-state index in [-0.39, 0.29) is 24.3 Å². The molecule has 2 atom stereocenters. The summed E-state index contributed by atoms with van der Waals surface area (Å²) in [6.45, 7) is 1.49. The molecule has 1 aliphatic rings. The van der Waals surface area contributed by atoms with Crippen LogP contribution in [0.5, 0.6) is 0 Å². The van der Waals surface area contributed by atoms with Crippen molar-refractivity contribution in [1.29, 1.82) is 0 Å². The van der Waals surface area contributed by atoms with Crippen molar-refractivity contribution in [3.8, 4) is 0 Å². The van der Waals surface area contributed by atoms with Crippen molar-refractivity contribution in [1.82, 2.24) is 10.2 Å². The molecule has 3 aromatic carbocycles. The molecule has 0 aliphatic carbocycles. The number of benzene rings is 3. The number of carbonyl (C=O) groups is 2. The zero-order valence-corrected chi connectivity index (χ0v) is 20.5. The summed E-state index contributed by atoms with van der Waals surface area (Å²) in [5.41, 5.74) is 2.83. The van der Waals surface area contributed by atoms with E-state index in [9.17, 15) is 9.59 Å². The second kappa shape index (κ2) is 12.5. The molecular formula is C29H31ClN2O3. The Balaban J connectivity index is 1.61. The van der Waals surface area contributed by atoms with Gasteiger partial charge in [-0.05, 0) is 41.7 Å². The van der Waals surface area contributed by atoms with Crippen LogP contribution in [-0.4, -0.2) is 42.0 Å². The number of rotatable bonds is 10. The Morgan fingerprint density at radius 1 is 0.914 bits per heavy atom. The first-order valence-electron chi connectivity index (χ1n) is 12.1. The lowest BCUT2D eigenvalue weighted by Gasteiger charge is -2.32. The number of hydrogen-bond acceptors (Lipinski definition) is 3. The molecule has 6 heteroatoms. The van der Waals surface area contributed by atoms with Crippen LogP contribution in [0.25, 0.3) is 0 Å². The summed E-state index contributed by atoms with van der Waals surface area (Å²) in [6, 6.07) is 26.2. The smallest absolute Gasteiger partial charge is 0.243 e. The summed E-state index contributed by atoms with van der Waals surface area (Å²) in [7, 11) is 0. The molecule has 0 spiro atoms. The normalized spacial score (nSPS) is 16.0. The first-order valence-corrected chi connectivity index (χ1v) is 12.5. The fourth-order valence-corrected chi connectivity index (χ4v) is 4.48. The summed E-state index contributed by atoms with van der Waals surface area (Å²) in [4.78, 5) is 28.9. The van der Waals surface area contributed by atoms with Crippen molar-refractivity contribution in [3.63, 3.8) is 0 Å². The van der Waals surface area contributed by atoms with Crippen molar-refractivity contribution >= 4 is 23.4 Å². The van der Waals surface area contributed by atoms with Crippen LogP contribution in [0.3, 0.4) is 0 Å². The minimum absolute atomic E-state index is 0.0288. The second-order valence-corrected chi connectivity index (χ2v) is 9.33. The summed E-state index contributed by atoms with van der Waals surface area (Å²) in [5.74, 6) is -0.265. The molecule has 0 bridgehead atoms. The number of nitrogens with zero attached hydrogens (tertiary/aromatic N) is 1. The minimum Gasteiger partial charge on any atom is -0.376 e. The average molecular weight is 491 g/mol. The van der Waals surface area contributed by atoms with Gasteiger partial charge in [-0.15, -0.1) is 0 Å². The van der Waals surface area contributed by atoms with Crippen LogP contribution in [0.4, 0.5) is 0 Å². The van der Waals surface area contributed by atoms with Crippen molar-refractivity contribution in [2.45, 2.75) is 44.4 Å². The molecule has 0 saturated carbocycles. The molecule has 35 heavy (non-hydrogen) atoms. The first-order chi connectivity index (χ1) is 17.1. The molecule has 2 amide bonds. The lowest BCUT2D eigenvalue weighted by molar-refractivity contribution is -0.141. The summed E-state index contributed by atoms with van der Waals surface area (Å²) in [6.07, 6.45) is 2.61. The predicted octanol–water partition coefficient (Wildman–Crippen LogP) is 4.82. The van der Waals surface area contributed by atoms with Gasteiger partial charge in [0.25, 0.3) is 0 Å². The highest BCUT2D eigenvalue weighted by Crippen LogP contribution is 2.19. The molecule has 1 aliphatic heterocycles. The van der Waals surface area contributed by atoms with Crippen LogP contribution in [0, 0.1) is 0 Å². The van der Waals surface area contributed by atoms with Crippen molar-refractivity contribution in [3.05, 3.63) is 107 Å². The van der Waals surface area contributed by atoms with Gasteiger partial charge in [-0.2, -0.15) is 0 Å². The van der Waals surface area contributed by atoms with Gasteiger partial charge in [0.15, 0.2) is 0 Å². The number of hydrogen-bond donors (Lipinski definition) is 1. The van der Waals surface area contributed by atoms with E-state index in [0.29, 0.717) is 24.5 Å². The van der Waals surface area contributed by atoms with E-state index in [1.54, 1.807) is 17.0 Å². The molecular weight excluding hydrogens is 460 g/mol. The Kier molecular flexibility index (Phi) is 8.93. The van der Waals surface area contributed by atoms with E-state index in [1.165, 1.54) is 0 Å². The third-order valence-electron chi connectivity index (χ3n) is 6.26. The molecule has 2 unspecified atom stereocenters. The highest BCUT2D eigenvalue weighted by Gasteiger charge is 2.31. The van der Waals surface area contributed by atoms with Gasteiger partial charge in [0.1, 0.15) is 6.04 Å². The molecule has 1 saturated heterocycles. The predicted molar refractivity (Wildman–Crippen MR) is 138 cm³/mol. The van der Waals surface area contributed by atoms with Gasteiger partial charge in [-0.1, -0.05) is 84.4 Å². The minimum atomic E-state index is -0.661. The molecule has 182 valence electrons. The van der Waals surface area contributed by atoms with E-state index < -0.39 is 6.04 Å². The third-order valence-corrected chi connectivity index (χ3v) is 6.52. The Bertz CT molecular complexity index is 1080. The Morgan fingerprint density at radius 3 is 2.20 bits per heavy atom. The maximum absolute atomic E-state index is 13.7. The van der Waals surface area contributed by atoms with Gasteiger partial charge in [0.2, 0.25) is 11.8 Å². The monoisotopic (exact) mass is 490 g/mol. The Hall–Kier alpha value is -3.15. The molecule has 1 N–H and O–H groups in total. The zero-order valence-electron chi connectivity index (χ0n) is 19.7. The number of ether oxygens (including phenoxy) is 1. The molecule has 3 aromatic rings. The van der Waals surface area contributed by atoms with Crippen LogP contribution >= 0.6 is 11.6 Å². The fraction of sp³-hybridized carbons (Fsp3) is 0.310. The van der Waals surface area contributed by atoms with E-state index >= 15 is 0 Å². The van der Waals surface area contributed by atoms with E-state index in [2.05, 4.69) is 5.32 Å². The highest BCUT2D eigenvalue weighted by atomic mass is 35.5. The lowest BCUT2D eigenvalue weighted by Crippen LogP contribution is -2.52. The number of halogens is 1. The number of nitrogens with one attached hydrogen (secondary N) is 1. The van der Waals surface area contributed by atoms with Gasteiger partial charge in [-0.25, -0.2) is 0 Å². The highest BCUT2D eigenvalue weighted by molar-refractivity contribution is 6.30. The summed E-state index contributed by atoms with van der Waals surface area (Å²) in [5, 5.41) is 3.69. The maximum Gasteiger partial charge on any atom is 0.243 e. The summed E-state index contributed by atoms with van der Waals surface area (Å²) < 4.78 is 5.69. The van der Waals surface area contributed by atoms with Crippen molar-refractivity contribution in [2.75, 3.05) is 13.2 Å². The van der Waals surface area contributed by atoms with Gasteiger partial charge < -0.3 is 15.0 Å². The van der Waals surface area contributed by atoms with Gasteiger partial charge in [-0.3, -0.25) is 9.59 Å². The van der Waals surface area contributed by atoms with Crippen molar-refractivity contribution < 1.29 is 14.3 Å². The largest absolute Gasteiger partial charge is 0.376 e. The fourth-order valence-electron chi connectivity index (χ4n) is 4.35. The van der Waals surface area contributed by atoms with Crippen LogP contribution in [0.1, 0.15) is 29.5 Å². The standard InChI is InChI=1S/C29H31ClN2O3/c30-25-15-13-24(14-16-25)21-32(28(33)19-23-10-5-2-6-11-23)27(18-22-8-3-1-4-9-22)29(34)31-20-26-12-7-17-35-26/h1-6,8-11,13-16,26-27H,7,12,17-21H2,(H,31,34). The van der Waals surface area contributed by atoms with Crippen LogP contribution in [-0.2, 0) is 33.7 Å². The quantitative estimate of drug-likeness (QED) is 0.443. The molecule has 4 rings (SSSR count). The van der Waals surface area contributed by atoms with Gasteiger partial charge in [0, 0.05) is 31.1 Å². The first kappa shape index (κ1) is 25.0. The lowest BCUT2D eigenvalue weighted by atomic mass is 10.0. The molecule has 1 heterocycles. The summed E-state index contributed by atoms with van der Waals surface area (Å²) >= 11 is 6.09. The molecule has 0 radical (unpaired) electrons.